The lowest BCUT2D eigenvalue weighted by atomic mass is 9.70. The van der Waals surface area contributed by atoms with E-state index in [9.17, 15) is 0 Å². The molecule has 4 heteroatoms. The second kappa shape index (κ2) is 8.51. The molecule has 1 aromatic carbocycles. The van der Waals surface area contributed by atoms with E-state index in [-0.39, 0.29) is 0 Å². The fourth-order valence-corrected chi connectivity index (χ4v) is 5.83. The molecule has 2 unspecified atom stereocenters. The van der Waals surface area contributed by atoms with Gasteiger partial charge in [0.05, 0.1) is 18.0 Å². The van der Waals surface area contributed by atoms with E-state index >= 15 is 0 Å². The van der Waals surface area contributed by atoms with Crippen molar-refractivity contribution in [2.24, 2.45) is 5.92 Å². The molecule has 0 spiro atoms. The van der Waals surface area contributed by atoms with Gasteiger partial charge in [0.2, 0.25) is 0 Å². The van der Waals surface area contributed by atoms with Gasteiger partial charge >= 0.3 is 0 Å². The minimum Gasteiger partial charge on any atom is -0.494 e. The molecule has 0 radical (unpaired) electrons. The van der Waals surface area contributed by atoms with E-state index in [0.717, 1.165) is 36.9 Å². The summed E-state index contributed by atoms with van der Waals surface area (Å²) >= 11 is 0. The topological polar surface area (TPSA) is 30.3 Å². The van der Waals surface area contributed by atoms with Crippen LogP contribution in [-0.2, 0) is 6.42 Å². The van der Waals surface area contributed by atoms with Gasteiger partial charge in [0, 0.05) is 18.2 Å². The third kappa shape index (κ3) is 3.96. The standard InChI is InChI=1S/C25H35N3O/c1-19-23-14-9-20-7-2-3-8-24(20)25(23)26-28(19)21-10-12-22(13-11-21)29-18-6-17-27-15-4-5-16-27/h10-13,20,24H,2-9,14-18H2,1H3. The van der Waals surface area contributed by atoms with Crippen LogP contribution in [0.15, 0.2) is 24.3 Å². The Morgan fingerprint density at radius 1 is 1.00 bits per heavy atom. The predicted molar refractivity (Wildman–Crippen MR) is 117 cm³/mol. The number of aromatic nitrogens is 2. The Morgan fingerprint density at radius 2 is 1.79 bits per heavy atom. The van der Waals surface area contributed by atoms with Crippen molar-refractivity contribution in [1.82, 2.24) is 14.7 Å². The third-order valence-electron chi connectivity index (χ3n) is 7.46. The highest BCUT2D eigenvalue weighted by molar-refractivity contribution is 5.42. The zero-order valence-electron chi connectivity index (χ0n) is 17.9. The van der Waals surface area contributed by atoms with Gasteiger partial charge in [0.25, 0.3) is 0 Å². The zero-order chi connectivity index (χ0) is 19.6. The highest BCUT2D eigenvalue weighted by Gasteiger charge is 2.35. The maximum atomic E-state index is 5.98. The van der Waals surface area contributed by atoms with Crippen LogP contribution < -0.4 is 4.74 Å². The van der Waals surface area contributed by atoms with Crippen LogP contribution in [0.25, 0.3) is 5.69 Å². The van der Waals surface area contributed by atoms with Crippen molar-refractivity contribution >= 4 is 0 Å². The molecule has 0 N–H and O–H groups in total. The highest BCUT2D eigenvalue weighted by atomic mass is 16.5. The van der Waals surface area contributed by atoms with Crippen LogP contribution in [0.3, 0.4) is 0 Å². The summed E-state index contributed by atoms with van der Waals surface area (Å²) in [5.41, 5.74) is 5.42. The Morgan fingerprint density at radius 3 is 2.62 bits per heavy atom. The molecule has 0 amide bonds. The molecule has 1 aliphatic heterocycles. The van der Waals surface area contributed by atoms with E-state index in [2.05, 4.69) is 40.8 Å². The summed E-state index contributed by atoms with van der Waals surface area (Å²) in [6.07, 6.45) is 11.9. The molecule has 0 bridgehead atoms. The van der Waals surface area contributed by atoms with Gasteiger partial charge in [0.15, 0.2) is 0 Å². The SMILES string of the molecule is Cc1c2c(nn1-c1ccc(OCCCN3CCCC3)cc1)C1CCCCC1CC2. The summed E-state index contributed by atoms with van der Waals surface area (Å²) in [5.74, 6) is 2.54. The molecule has 2 heterocycles. The Hall–Kier alpha value is -1.81. The first kappa shape index (κ1) is 19.2. The van der Waals surface area contributed by atoms with E-state index < -0.39 is 0 Å². The van der Waals surface area contributed by atoms with E-state index in [0.29, 0.717) is 5.92 Å². The first-order valence-electron chi connectivity index (χ1n) is 11.8. The number of likely N-dealkylation sites (tertiary alicyclic amines) is 1. The van der Waals surface area contributed by atoms with Crippen molar-refractivity contribution in [3.05, 3.63) is 41.2 Å². The molecule has 1 saturated carbocycles. The van der Waals surface area contributed by atoms with E-state index in [1.807, 2.05) is 0 Å². The number of benzene rings is 1. The van der Waals surface area contributed by atoms with Gasteiger partial charge in [-0.25, -0.2) is 4.68 Å². The second-order valence-corrected chi connectivity index (χ2v) is 9.30. The lowest BCUT2D eigenvalue weighted by Crippen LogP contribution is -2.23. The molecule has 29 heavy (non-hydrogen) atoms. The Kier molecular flexibility index (Phi) is 5.63. The van der Waals surface area contributed by atoms with Crippen molar-refractivity contribution in [2.45, 2.75) is 70.6 Å². The lowest BCUT2D eigenvalue weighted by molar-refractivity contribution is 0.263. The molecule has 3 aliphatic rings. The first-order chi connectivity index (χ1) is 14.3. The molecule has 4 nitrogen and oxygen atoms in total. The van der Waals surface area contributed by atoms with Crippen LogP contribution >= 0.6 is 0 Å². The number of hydrogen-bond acceptors (Lipinski definition) is 3. The molecular weight excluding hydrogens is 358 g/mol. The Balaban J connectivity index is 1.24. The Bertz CT molecular complexity index is 819. The number of ether oxygens (including phenoxy) is 1. The van der Waals surface area contributed by atoms with Gasteiger partial charge in [-0.1, -0.05) is 12.8 Å². The molecule has 2 aliphatic carbocycles. The molecule has 1 aromatic heterocycles. The van der Waals surface area contributed by atoms with Crippen molar-refractivity contribution in [1.29, 1.82) is 0 Å². The summed E-state index contributed by atoms with van der Waals surface area (Å²) in [5, 5.41) is 5.12. The maximum Gasteiger partial charge on any atom is 0.119 e. The minimum absolute atomic E-state index is 0.700. The molecule has 2 aromatic rings. The highest BCUT2D eigenvalue weighted by Crippen LogP contribution is 2.45. The minimum atomic E-state index is 0.700. The van der Waals surface area contributed by atoms with Crippen LogP contribution in [0.2, 0.25) is 0 Å². The smallest absolute Gasteiger partial charge is 0.119 e. The van der Waals surface area contributed by atoms with Crippen LogP contribution in [0.1, 0.15) is 74.2 Å². The number of fused-ring (bicyclic) bond motifs is 3. The summed E-state index contributed by atoms with van der Waals surface area (Å²) in [4.78, 5) is 2.55. The zero-order valence-corrected chi connectivity index (χ0v) is 17.9. The fraction of sp³-hybridized carbons (Fsp3) is 0.640. The maximum absolute atomic E-state index is 5.98. The number of nitrogens with zero attached hydrogens (tertiary/aromatic N) is 3. The van der Waals surface area contributed by atoms with Crippen molar-refractivity contribution < 1.29 is 4.74 Å². The summed E-state index contributed by atoms with van der Waals surface area (Å²) in [7, 11) is 0. The van der Waals surface area contributed by atoms with Gasteiger partial charge in [-0.15, -0.1) is 0 Å². The van der Waals surface area contributed by atoms with Crippen molar-refractivity contribution in [2.75, 3.05) is 26.2 Å². The molecule has 1 saturated heterocycles. The van der Waals surface area contributed by atoms with E-state index in [4.69, 9.17) is 9.84 Å². The molecule has 2 atom stereocenters. The van der Waals surface area contributed by atoms with E-state index in [1.165, 1.54) is 81.4 Å². The van der Waals surface area contributed by atoms with Crippen LogP contribution in [0.4, 0.5) is 0 Å². The summed E-state index contributed by atoms with van der Waals surface area (Å²) in [6.45, 7) is 6.75. The van der Waals surface area contributed by atoms with Gasteiger partial charge < -0.3 is 9.64 Å². The van der Waals surface area contributed by atoms with Crippen LogP contribution in [0, 0.1) is 12.8 Å². The average Bonchev–Trinajstić information content (AvgIpc) is 3.40. The van der Waals surface area contributed by atoms with Gasteiger partial charge in [-0.3, -0.25) is 0 Å². The summed E-state index contributed by atoms with van der Waals surface area (Å²) in [6, 6.07) is 8.54. The first-order valence-corrected chi connectivity index (χ1v) is 11.8. The third-order valence-corrected chi connectivity index (χ3v) is 7.46. The van der Waals surface area contributed by atoms with Crippen LogP contribution in [-0.4, -0.2) is 40.9 Å². The Labute approximate surface area is 175 Å². The van der Waals surface area contributed by atoms with E-state index in [1.54, 1.807) is 0 Å². The quantitative estimate of drug-likeness (QED) is 0.627. The van der Waals surface area contributed by atoms with Gasteiger partial charge in [-0.05, 0) is 101 Å². The normalized spacial score (nSPS) is 24.3. The number of rotatable bonds is 6. The number of hydrogen-bond donors (Lipinski definition) is 0. The largest absolute Gasteiger partial charge is 0.494 e. The van der Waals surface area contributed by atoms with Gasteiger partial charge in [0.1, 0.15) is 5.75 Å². The molecule has 156 valence electrons. The van der Waals surface area contributed by atoms with Gasteiger partial charge in [-0.2, -0.15) is 5.10 Å². The average molecular weight is 394 g/mol. The second-order valence-electron chi connectivity index (χ2n) is 9.30. The van der Waals surface area contributed by atoms with Crippen LogP contribution in [0.5, 0.6) is 5.75 Å². The fourth-order valence-electron chi connectivity index (χ4n) is 5.83. The van der Waals surface area contributed by atoms with Crippen molar-refractivity contribution in [3.8, 4) is 11.4 Å². The predicted octanol–water partition coefficient (Wildman–Crippen LogP) is 5.27. The monoisotopic (exact) mass is 393 g/mol. The molecular formula is C25H35N3O. The summed E-state index contributed by atoms with van der Waals surface area (Å²) < 4.78 is 8.16. The molecule has 5 rings (SSSR count). The van der Waals surface area contributed by atoms with Crippen molar-refractivity contribution in [3.63, 3.8) is 0 Å². The molecule has 2 fully saturated rings. The lowest BCUT2D eigenvalue weighted by Gasteiger charge is -2.34.